The van der Waals surface area contributed by atoms with E-state index in [1.165, 1.54) is 5.69 Å². The Kier molecular flexibility index (Phi) is 7.84. The van der Waals surface area contributed by atoms with Crippen LogP contribution >= 0.6 is 0 Å². The molecular weight excluding hydrogens is 448 g/mol. The molecule has 0 bridgehead atoms. The molecule has 4 rings (SSSR count). The third-order valence-electron chi connectivity index (χ3n) is 7.09. The van der Waals surface area contributed by atoms with Crippen LogP contribution in [0.3, 0.4) is 0 Å². The Bertz CT molecular complexity index is 1010. The number of aromatic nitrogens is 1. The molecule has 1 aromatic heterocycles. The number of alkyl carbamates (subject to hydrolysis) is 1. The van der Waals surface area contributed by atoms with Crippen molar-refractivity contribution in [2.24, 2.45) is 5.41 Å². The van der Waals surface area contributed by atoms with Gasteiger partial charge in [0.1, 0.15) is 12.6 Å². The largest absolute Gasteiger partial charge is 0.480 e. The SMILES string of the molecule is O=C(N[C@@H](CCC(=O)N1CCC2(CCN(c3ccncc3)CC2)C1)C(=O)O)OCc1ccccc1. The number of nitrogens with zero attached hydrogens (tertiary/aromatic N) is 3. The van der Waals surface area contributed by atoms with Crippen LogP contribution in [0.2, 0.25) is 0 Å². The first kappa shape index (κ1) is 24.5. The lowest BCUT2D eigenvalue weighted by molar-refractivity contribution is -0.139. The Morgan fingerprint density at radius 1 is 1.03 bits per heavy atom. The lowest BCUT2D eigenvalue weighted by Crippen LogP contribution is -2.43. The number of aliphatic carboxylic acids is 1. The van der Waals surface area contributed by atoms with Crippen molar-refractivity contribution in [3.63, 3.8) is 0 Å². The van der Waals surface area contributed by atoms with Crippen LogP contribution in [0.5, 0.6) is 0 Å². The number of pyridine rings is 1. The number of benzene rings is 1. The van der Waals surface area contributed by atoms with Crippen molar-refractivity contribution in [2.45, 2.75) is 44.8 Å². The molecule has 35 heavy (non-hydrogen) atoms. The van der Waals surface area contributed by atoms with Crippen LogP contribution in [-0.2, 0) is 20.9 Å². The summed E-state index contributed by atoms with van der Waals surface area (Å²) < 4.78 is 5.11. The third kappa shape index (κ3) is 6.49. The molecule has 1 atom stereocenters. The lowest BCUT2D eigenvalue weighted by Gasteiger charge is -2.40. The van der Waals surface area contributed by atoms with Crippen molar-refractivity contribution < 1.29 is 24.2 Å². The number of likely N-dealkylation sites (tertiary alicyclic amines) is 1. The number of carbonyl (C=O) groups is 3. The fourth-order valence-electron chi connectivity index (χ4n) is 4.94. The van der Waals surface area contributed by atoms with Crippen molar-refractivity contribution in [1.82, 2.24) is 15.2 Å². The maximum Gasteiger partial charge on any atom is 0.408 e. The summed E-state index contributed by atoms with van der Waals surface area (Å²) in [7, 11) is 0. The Labute approximate surface area is 205 Å². The molecule has 2 saturated heterocycles. The monoisotopic (exact) mass is 480 g/mol. The van der Waals surface area contributed by atoms with Crippen LogP contribution in [-0.4, -0.2) is 65.2 Å². The Morgan fingerprint density at radius 2 is 1.71 bits per heavy atom. The van der Waals surface area contributed by atoms with Crippen LogP contribution in [0.1, 0.15) is 37.7 Å². The lowest BCUT2D eigenvalue weighted by atomic mass is 9.77. The predicted molar refractivity (Wildman–Crippen MR) is 130 cm³/mol. The van der Waals surface area contributed by atoms with E-state index in [1.54, 1.807) is 12.4 Å². The second-order valence-corrected chi connectivity index (χ2v) is 9.39. The van der Waals surface area contributed by atoms with E-state index in [1.807, 2.05) is 47.4 Å². The van der Waals surface area contributed by atoms with Gasteiger partial charge in [0.2, 0.25) is 5.91 Å². The topological polar surface area (TPSA) is 112 Å². The van der Waals surface area contributed by atoms with Gasteiger partial charge in [-0.1, -0.05) is 30.3 Å². The molecule has 2 aromatic rings. The van der Waals surface area contributed by atoms with E-state index in [4.69, 9.17) is 4.74 Å². The summed E-state index contributed by atoms with van der Waals surface area (Å²) >= 11 is 0. The molecule has 2 amide bonds. The second kappa shape index (κ2) is 11.2. The molecule has 1 spiro atoms. The van der Waals surface area contributed by atoms with E-state index in [0.717, 1.165) is 37.9 Å². The molecule has 2 N–H and O–H groups in total. The average molecular weight is 481 g/mol. The van der Waals surface area contributed by atoms with E-state index >= 15 is 0 Å². The summed E-state index contributed by atoms with van der Waals surface area (Å²) in [6, 6.07) is 12.0. The molecule has 3 heterocycles. The molecule has 0 saturated carbocycles. The number of anilines is 1. The van der Waals surface area contributed by atoms with Gasteiger partial charge >= 0.3 is 12.1 Å². The highest BCUT2D eigenvalue weighted by Crippen LogP contribution is 2.41. The normalized spacial score (nSPS) is 17.7. The molecular formula is C26H32N4O5. The molecule has 0 unspecified atom stereocenters. The number of amides is 2. The van der Waals surface area contributed by atoms with E-state index in [-0.39, 0.29) is 30.8 Å². The maximum atomic E-state index is 12.9. The van der Waals surface area contributed by atoms with Gasteiger partial charge in [-0.15, -0.1) is 0 Å². The van der Waals surface area contributed by atoms with E-state index < -0.39 is 18.1 Å². The highest BCUT2D eigenvalue weighted by Gasteiger charge is 2.42. The minimum absolute atomic E-state index is 0.0218. The number of carboxylic acid groups (broad SMARTS) is 1. The first-order chi connectivity index (χ1) is 16.9. The smallest absolute Gasteiger partial charge is 0.408 e. The number of carbonyl (C=O) groups excluding carboxylic acids is 2. The minimum atomic E-state index is -1.18. The Morgan fingerprint density at radius 3 is 2.40 bits per heavy atom. The zero-order chi connectivity index (χ0) is 24.7. The van der Waals surface area contributed by atoms with Crippen LogP contribution in [0.25, 0.3) is 0 Å². The van der Waals surface area contributed by atoms with Crippen LogP contribution in [0.4, 0.5) is 10.5 Å². The fourth-order valence-corrected chi connectivity index (χ4v) is 4.94. The Hall–Kier alpha value is -3.62. The van der Waals surface area contributed by atoms with Gasteiger partial charge in [0.15, 0.2) is 0 Å². The van der Waals surface area contributed by atoms with Gasteiger partial charge in [-0.05, 0) is 48.8 Å². The zero-order valence-electron chi connectivity index (χ0n) is 19.8. The van der Waals surface area contributed by atoms with Gasteiger partial charge in [0, 0.05) is 50.7 Å². The van der Waals surface area contributed by atoms with Gasteiger partial charge in [0.05, 0.1) is 0 Å². The third-order valence-corrected chi connectivity index (χ3v) is 7.09. The Balaban J connectivity index is 1.21. The quantitative estimate of drug-likeness (QED) is 0.597. The molecule has 9 nitrogen and oxygen atoms in total. The fraction of sp³-hybridized carbons (Fsp3) is 0.462. The van der Waals surface area contributed by atoms with Crippen molar-refractivity contribution in [3.8, 4) is 0 Å². The number of rotatable bonds is 8. The summed E-state index contributed by atoms with van der Waals surface area (Å²) in [4.78, 5) is 44.8. The highest BCUT2D eigenvalue weighted by molar-refractivity contribution is 5.82. The number of ether oxygens (including phenoxy) is 1. The van der Waals surface area contributed by atoms with Crippen LogP contribution in [0.15, 0.2) is 54.9 Å². The second-order valence-electron chi connectivity index (χ2n) is 9.39. The molecule has 1 aromatic carbocycles. The van der Waals surface area contributed by atoms with E-state index in [9.17, 15) is 19.5 Å². The summed E-state index contributed by atoms with van der Waals surface area (Å²) in [6.07, 6.45) is 5.89. The number of nitrogens with one attached hydrogen (secondary N) is 1. The van der Waals surface area contributed by atoms with E-state index in [2.05, 4.69) is 15.2 Å². The standard InChI is InChI=1S/C26H32N4O5/c31-23(7-6-22(24(32)33)28-25(34)35-18-20-4-2-1-3-5-20)30-17-12-26(19-30)10-15-29(16-11-26)21-8-13-27-14-9-21/h1-5,8-9,13-14,22H,6-7,10-12,15-19H2,(H,28,34)(H,32,33)/t22-/m0/s1. The number of hydrogen-bond donors (Lipinski definition) is 2. The minimum Gasteiger partial charge on any atom is -0.480 e. The molecule has 186 valence electrons. The zero-order valence-corrected chi connectivity index (χ0v) is 19.8. The maximum absolute atomic E-state index is 12.9. The summed E-state index contributed by atoms with van der Waals surface area (Å²) in [5, 5.41) is 11.9. The van der Waals surface area contributed by atoms with Crippen molar-refractivity contribution >= 4 is 23.7 Å². The number of hydrogen-bond acceptors (Lipinski definition) is 6. The molecule has 9 heteroatoms. The average Bonchev–Trinajstić information content (AvgIpc) is 3.30. The molecule has 2 aliphatic heterocycles. The summed E-state index contributed by atoms with van der Waals surface area (Å²) in [5.41, 5.74) is 2.11. The van der Waals surface area contributed by atoms with E-state index in [0.29, 0.717) is 13.1 Å². The van der Waals surface area contributed by atoms with Gasteiger partial charge in [0.25, 0.3) is 0 Å². The molecule has 2 fully saturated rings. The summed E-state index contributed by atoms with van der Waals surface area (Å²) in [5.74, 6) is -1.25. The molecule has 0 aliphatic carbocycles. The molecule has 0 radical (unpaired) electrons. The van der Waals surface area contributed by atoms with Gasteiger partial charge in [-0.25, -0.2) is 9.59 Å². The summed E-state index contributed by atoms with van der Waals surface area (Å²) in [6.45, 7) is 3.34. The van der Waals surface area contributed by atoms with Gasteiger partial charge in [-0.3, -0.25) is 9.78 Å². The van der Waals surface area contributed by atoms with Crippen LogP contribution < -0.4 is 10.2 Å². The van der Waals surface area contributed by atoms with Crippen molar-refractivity contribution in [2.75, 3.05) is 31.1 Å². The first-order valence-corrected chi connectivity index (χ1v) is 12.1. The number of piperidine rings is 1. The van der Waals surface area contributed by atoms with Gasteiger partial charge < -0.3 is 25.0 Å². The van der Waals surface area contributed by atoms with Crippen molar-refractivity contribution in [1.29, 1.82) is 0 Å². The number of carboxylic acids is 1. The van der Waals surface area contributed by atoms with Crippen molar-refractivity contribution in [3.05, 3.63) is 60.4 Å². The first-order valence-electron chi connectivity index (χ1n) is 12.1. The highest BCUT2D eigenvalue weighted by atomic mass is 16.5. The van der Waals surface area contributed by atoms with Gasteiger partial charge in [-0.2, -0.15) is 0 Å². The molecule has 2 aliphatic rings. The van der Waals surface area contributed by atoms with Crippen LogP contribution in [0, 0.1) is 5.41 Å². The predicted octanol–water partition coefficient (Wildman–Crippen LogP) is 3.06.